The topological polar surface area (TPSA) is 58.6 Å². The lowest BCUT2D eigenvalue weighted by Gasteiger charge is -2.19. The number of nitrogens with one attached hydrogen (secondary N) is 1. The van der Waals surface area contributed by atoms with E-state index in [1.54, 1.807) is 4.90 Å². The minimum atomic E-state index is -0.377. The fourth-order valence-electron chi connectivity index (χ4n) is 3.31. The number of ether oxygens (including phenoxy) is 1. The average Bonchev–Trinajstić information content (AvgIpc) is 2.99. The standard InChI is InChI=1S/C21H24N2O3/c1-4-26-19-8-6-5-7-17(19)22-21(25)16-12-20(24)23(13-16)18-10-9-14(2)11-15(18)3/h5-11,16H,4,12-13H2,1-3H3,(H,22,25)/t16-/m0/s1. The largest absolute Gasteiger partial charge is 0.492 e. The van der Waals surface area contributed by atoms with Crippen molar-refractivity contribution in [1.29, 1.82) is 0 Å². The molecule has 0 unspecified atom stereocenters. The van der Waals surface area contributed by atoms with Crippen LogP contribution in [0.5, 0.6) is 5.75 Å². The predicted molar refractivity (Wildman–Crippen MR) is 103 cm³/mol. The smallest absolute Gasteiger partial charge is 0.229 e. The number of hydrogen-bond acceptors (Lipinski definition) is 3. The molecule has 1 aliphatic rings. The van der Waals surface area contributed by atoms with Crippen LogP contribution in [0.3, 0.4) is 0 Å². The second-order valence-corrected chi connectivity index (χ2v) is 6.61. The molecule has 5 nitrogen and oxygen atoms in total. The van der Waals surface area contributed by atoms with Crippen molar-refractivity contribution in [3.63, 3.8) is 0 Å². The summed E-state index contributed by atoms with van der Waals surface area (Å²) < 4.78 is 5.55. The summed E-state index contributed by atoms with van der Waals surface area (Å²) in [5.41, 5.74) is 3.71. The van der Waals surface area contributed by atoms with Gasteiger partial charge in [-0.3, -0.25) is 9.59 Å². The van der Waals surface area contributed by atoms with Gasteiger partial charge >= 0.3 is 0 Å². The lowest BCUT2D eigenvalue weighted by Crippen LogP contribution is -2.28. The lowest BCUT2D eigenvalue weighted by atomic mass is 10.1. The molecule has 5 heteroatoms. The molecule has 1 fully saturated rings. The zero-order valence-electron chi connectivity index (χ0n) is 15.4. The van der Waals surface area contributed by atoms with Gasteiger partial charge in [0.15, 0.2) is 0 Å². The molecule has 0 bridgehead atoms. The third-order valence-corrected chi connectivity index (χ3v) is 4.58. The van der Waals surface area contributed by atoms with Crippen LogP contribution in [0.15, 0.2) is 42.5 Å². The number of nitrogens with zero attached hydrogens (tertiary/aromatic N) is 1. The van der Waals surface area contributed by atoms with Crippen LogP contribution in [0, 0.1) is 19.8 Å². The molecule has 0 radical (unpaired) electrons. The van der Waals surface area contributed by atoms with E-state index in [-0.39, 0.29) is 24.2 Å². The zero-order valence-corrected chi connectivity index (χ0v) is 15.4. The van der Waals surface area contributed by atoms with E-state index in [4.69, 9.17) is 4.74 Å². The first-order valence-corrected chi connectivity index (χ1v) is 8.90. The molecule has 2 amide bonds. The molecule has 26 heavy (non-hydrogen) atoms. The Morgan fingerprint density at radius 3 is 2.73 bits per heavy atom. The number of aryl methyl sites for hydroxylation is 2. The molecule has 2 aromatic carbocycles. The van der Waals surface area contributed by atoms with E-state index in [0.29, 0.717) is 24.6 Å². The Morgan fingerprint density at radius 1 is 1.23 bits per heavy atom. The molecule has 0 aliphatic carbocycles. The number of rotatable bonds is 5. The van der Waals surface area contributed by atoms with Crippen LogP contribution in [0.4, 0.5) is 11.4 Å². The Hall–Kier alpha value is -2.82. The fraction of sp³-hybridized carbons (Fsp3) is 0.333. The minimum Gasteiger partial charge on any atom is -0.492 e. The quantitative estimate of drug-likeness (QED) is 0.893. The third kappa shape index (κ3) is 3.72. The maximum Gasteiger partial charge on any atom is 0.229 e. The van der Waals surface area contributed by atoms with Gasteiger partial charge in [-0.25, -0.2) is 0 Å². The molecule has 1 atom stereocenters. The van der Waals surface area contributed by atoms with Crippen molar-refractivity contribution >= 4 is 23.2 Å². The minimum absolute atomic E-state index is 0.0183. The maximum absolute atomic E-state index is 12.7. The van der Waals surface area contributed by atoms with Crippen LogP contribution in [-0.4, -0.2) is 25.0 Å². The summed E-state index contributed by atoms with van der Waals surface area (Å²) >= 11 is 0. The van der Waals surface area contributed by atoms with Gasteiger partial charge in [0.25, 0.3) is 0 Å². The van der Waals surface area contributed by atoms with Gasteiger partial charge in [0, 0.05) is 18.7 Å². The maximum atomic E-state index is 12.7. The molecule has 1 saturated heterocycles. The Labute approximate surface area is 154 Å². The molecule has 136 valence electrons. The molecule has 0 saturated carbocycles. The van der Waals surface area contributed by atoms with Gasteiger partial charge < -0.3 is 15.0 Å². The van der Waals surface area contributed by atoms with E-state index < -0.39 is 0 Å². The molecule has 2 aromatic rings. The molecule has 1 aliphatic heterocycles. The molecule has 3 rings (SSSR count). The van der Waals surface area contributed by atoms with Crippen LogP contribution in [-0.2, 0) is 9.59 Å². The Balaban J connectivity index is 1.73. The summed E-state index contributed by atoms with van der Waals surface area (Å²) in [6, 6.07) is 13.3. The lowest BCUT2D eigenvalue weighted by molar-refractivity contribution is -0.122. The molecule has 0 aromatic heterocycles. The van der Waals surface area contributed by atoms with Gasteiger partial charge in [0.1, 0.15) is 5.75 Å². The van der Waals surface area contributed by atoms with Crippen molar-refractivity contribution in [2.45, 2.75) is 27.2 Å². The van der Waals surface area contributed by atoms with Crippen molar-refractivity contribution in [2.75, 3.05) is 23.4 Å². The van der Waals surface area contributed by atoms with Gasteiger partial charge in [-0.05, 0) is 44.5 Å². The van der Waals surface area contributed by atoms with Crippen molar-refractivity contribution in [1.82, 2.24) is 0 Å². The van der Waals surface area contributed by atoms with E-state index in [1.807, 2.05) is 63.2 Å². The number of hydrogen-bond donors (Lipinski definition) is 1. The highest BCUT2D eigenvalue weighted by molar-refractivity contribution is 6.04. The van der Waals surface area contributed by atoms with Gasteiger partial charge in [-0.2, -0.15) is 0 Å². The highest BCUT2D eigenvalue weighted by Gasteiger charge is 2.35. The summed E-state index contributed by atoms with van der Waals surface area (Å²) in [6.07, 6.45) is 0.218. The number of amides is 2. The first kappa shape index (κ1) is 18.0. The highest BCUT2D eigenvalue weighted by Crippen LogP contribution is 2.30. The number of para-hydroxylation sites is 2. The third-order valence-electron chi connectivity index (χ3n) is 4.58. The van der Waals surface area contributed by atoms with E-state index >= 15 is 0 Å². The van der Waals surface area contributed by atoms with Crippen LogP contribution < -0.4 is 15.0 Å². The van der Waals surface area contributed by atoms with Gasteiger partial charge in [-0.15, -0.1) is 0 Å². The van der Waals surface area contributed by atoms with Crippen LogP contribution in [0.1, 0.15) is 24.5 Å². The van der Waals surface area contributed by atoms with Crippen LogP contribution in [0.2, 0.25) is 0 Å². The Bertz CT molecular complexity index is 832. The molecule has 1 N–H and O–H groups in total. The number of carbonyl (C=O) groups excluding carboxylic acids is 2. The highest BCUT2D eigenvalue weighted by atomic mass is 16.5. The molecular weight excluding hydrogens is 328 g/mol. The summed E-state index contributed by atoms with van der Waals surface area (Å²) in [4.78, 5) is 26.9. The van der Waals surface area contributed by atoms with E-state index in [2.05, 4.69) is 5.32 Å². The second-order valence-electron chi connectivity index (χ2n) is 6.61. The average molecular weight is 352 g/mol. The summed E-state index contributed by atoms with van der Waals surface area (Å²) in [5.74, 6) is 0.0877. The summed E-state index contributed by atoms with van der Waals surface area (Å²) in [7, 11) is 0. The zero-order chi connectivity index (χ0) is 18.7. The second kappa shape index (κ2) is 7.60. The monoisotopic (exact) mass is 352 g/mol. The fourth-order valence-corrected chi connectivity index (χ4v) is 3.31. The summed E-state index contributed by atoms with van der Waals surface area (Å²) in [6.45, 7) is 6.83. The normalized spacial score (nSPS) is 16.7. The van der Waals surface area contributed by atoms with Gasteiger partial charge in [0.05, 0.1) is 18.2 Å². The van der Waals surface area contributed by atoms with E-state index in [9.17, 15) is 9.59 Å². The molecule has 0 spiro atoms. The molecular formula is C21H24N2O3. The predicted octanol–water partition coefficient (Wildman–Crippen LogP) is 3.69. The van der Waals surface area contributed by atoms with Gasteiger partial charge in [0.2, 0.25) is 11.8 Å². The Morgan fingerprint density at radius 2 is 2.00 bits per heavy atom. The van der Waals surface area contributed by atoms with Crippen LogP contribution in [0.25, 0.3) is 0 Å². The van der Waals surface area contributed by atoms with Crippen molar-refractivity contribution in [3.05, 3.63) is 53.6 Å². The Kier molecular flexibility index (Phi) is 5.26. The van der Waals surface area contributed by atoms with Crippen LogP contribution >= 0.6 is 0 Å². The van der Waals surface area contributed by atoms with Gasteiger partial charge in [-0.1, -0.05) is 29.8 Å². The molecule has 1 heterocycles. The van der Waals surface area contributed by atoms with Crippen molar-refractivity contribution in [2.24, 2.45) is 5.92 Å². The van der Waals surface area contributed by atoms with E-state index in [0.717, 1.165) is 16.8 Å². The number of benzene rings is 2. The SMILES string of the molecule is CCOc1ccccc1NC(=O)[C@H]1CC(=O)N(c2ccc(C)cc2C)C1. The van der Waals surface area contributed by atoms with E-state index in [1.165, 1.54) is 0 Å². The van der Waals surface area contributed by atoms with Crippen molar-refractivity contribution in [3.8, 4) is 5.75 Å². The number of anilines is 2. The first-order valence-electron chi connectivity index (χ1n) is 8.90. The van der Waals surface area contributed by atoms with Crippen molar-refractivity contribution < 1.29 is 14.3 Å². The first-order chi connectivity index (χ1) is 12.5. The summed E-state index contributed by atoms with van der Waals surface area (Å²) in [5, 5.41) is 2.91. The number of carbonyl (C=O) groups is 2.